The van der Waals surface area contributed by atoms with Crippen molar-refractivity contribution in [1.29, 1.82) is 0 Å². The van der Waals surface area contributed by atoms with Crippen molar-refractivity contribution in [3.05, 3.63) is 65.9 Å². The van der Waals surface area contributed by atoms with E-state index in [2.05, 4.69) is 58.6 Å². The zero-order valence-electron chi connectivity index (χ0n) is 20.0. The van der Waals surface area contributed by atoms with Crippen LogP contribution in [0.4, 0.5) is 5.95 Å². The third-order valence-corrected chi connectivity index (χ3v) is 7.13. The molecule has 1 aromatic heterocycles. The monoisotopic (exact) mass is 479 g/mol. The SMILES string of the molecule is C[C@H]1CN(Cc2cccc(-c3ccnc(NCCc4ccc(O)c([S+](C)[O-])c4)n3)c2)[C@@H](C)CN1. The van der Waals surface area contributed by atoms with E-state index in [1.54, 1.807) is 24.6 Å². The summed E-state index contributed by atoms with van der Waals surface area (Å²) < 4.78 is 11.8. The minimum absolute atomic E-state index is 0.0664. The van der Waals surface area contributed by atoms with Crippen molar-refractivity contribution >= 4 is 17.1 Å². The van der Waals surface area contributed by atoms with E-state index < -0.39 is 11.2 Å². The van der Waals surface area contributed by atoms with Gasteiger partial charge in [-0.1, -0.05) is 24.3 Å². The lowest BCUT2D eigenvalue weighted by molar-refractivity contribution is 0.139. The van der Waals surface area contributed by atoms with E-state index in [1.165, 1.54) is 5.56 Å². The lowest BCUT2D eigenvalue weighted by atomic mass is 10.1. The van der Waals surface area contributed by atoms with Gasteiger partial charge in [-0.2, -0.15) is 0 Å². The van der Waals surface area contributed by atoms with Gasteiger partial charge < -0.3 is 20.3 Å². The molecule has 4 rings (SSSR count). The first kappa shape index (κ1) is 24.5. The predicted molar refractivity (Wildman–Crippen MR) is 137 cm³/mol. The van der Waals surface area contributed by atoms with E-state index >= 15 is 0 Å². The zero-order valence-corrected chi connectivity index (χ0v) is 20.8. The lowest BCUT2D eigenvalue weighted by Crippen LogP contribution is -2.53. The fourth-order valence-corrected chi connectivity index (χ4v) is 4.93. The summed E-state index contributed by atoms with van der Waals surface area (Å²) in [6, 6.07) is 16.8. The number of anilines is 1. The molecule has 0 spiro atoms. The van der Waals surface area contributed by atoms with Crippen LogP contribution in [0.15, 0.2) is 59.6 Å². The van der Waals surface area contributed by atoms with Crippen molar-refractivity contribution < 1.29 is 9.66 Å². The quantitative estimate of drug-likeness (QED) is 0.426. The summed E-state index contributed by atoms with van der Waals surface area (Å²) in [6.07, 6.45) is 4.04. The molecule has 7 nitrogen and oxygen atoms in total. The normalized spacial score (nSPS) is 19.6. The molecule has 2 heterocycles. The molecule has 1 unspecified atom stereocenters. The highest BCUT2D eigenvalue weighted by Crippen LogP contribution is 2.24. The molecule has 2 aromatic carbocycles. The van der Waals surface area contributed by atoms with Crippen molar-refractivity contribution in [1.82, 2.24) is 20.2 Å². The molecule has 0 saturated carbocycles. The Morgan fingerprint density at radius 1 is 1.18 bits per heavy atom. The zero-order chi connectivity index (χ0) is 24.1. The molecule has 0 bridgehead atoms. The second kappa shape index (κ2) is 11.2. The number of phenolic OH excluding ortho intramolecular Hbond substituents is 1. The summed E-state index contributed by atoms with van der Waals surface area (Å²) in [7, 11) is 0. The number of benzene rings is 2. The third kappa shape index (κ3) is 6.27. The molecule has 34 heavy (non-hydrogen) atoms. The standard InChI is InChI=1S/C26H33N5O2S/c1-18-16-31(19(2)15-29-18)17-21-5-4-6-22(13-21)23-10-12-28-26(30-23)27-11-9-20-7-8-24(32)25(14-20)34(3)33/h4-8,10,12-14,18-19,29,32H,9,11,15-17H2,1-3H3,(H,27,28,30)/t18-,19-,34?/m0/s1. The minimum Gasteiger partial charge on any atom is -0.612 e. The number of nitrogens with zero attached hydrogens (tertiary/aromatic N) is 3. The van der Waals surface area contributed by atoms with Gasteiger partial charge in [0.2, 0.25) is 5.95 Å². The Morgan fingerprint density at radius 2 is 2.03 bits per heavy atom. The number of hydrogen-bond acceptors (Lipinski definition) is 7. The van der Waals surface area contributed by atoms with Gasteiger partial charge in [-0.25, -0.2) is 9.97 Å². The van der Waals surface area contributed by atoms with Crippen molar-refractivity contribution in [2.45, 2.75) is 43.8 Å². The van der Waals surface area contributed by atoms with Crippen molar-refractivity contribution in [2.24, 2.45) is 0 Å². The lowest BCUT2D eigenvalue weighted by Gasteiger charge is -2.37. The Morgan fingerprint density at radius 3 is 2.85 bits per heavy atom. The van der Waals surface area contributed by atoms with Gasteiger partial charge in [0.15, 0.2) is 10.6 Å². The molecule has 3 N–H and O–H groups in total. The van der Waals surface area contributed by atoms with E-state index in [1.807, 2.05) is 12.1 Å². The number of piperazine rings is 1. The molecule has 1 aliphatic rings. The van der Waals surface area contributed by atoms with E-state index in [9.17, 15) is 9.66 Å². The molecule has 1 aliphatic heterocycles. The van der Waals surface area contributed by atoms with Crippen LogP contribution in [-0.4, -0.2) is 62.5 Å². The van der Waals surface area contributed by atoms with Gasteiger partial charge in [0.25, 0.3) is 0 Å². The molecule has 180 valence electrons. The molecule has 3 atom stereocenters. The second-order valence-corrected chi connectivity index (χ2v) is 10.3. The van der Waals surface area contributed by atoms with Crippen LogP contribution in [0.5, 0.6) is 5.75 Å². The van der Waals surface area contributed by atoms with Crippen LogP contribution < -0.4 is 10.6 Å². The number of aromatic nitrogens is 2. The molecule has 0 aliphatic carbocycles. The molecule has 1 saturated heterocycles. The highest BCUT2D eigenvalue weighted by Gasteiger charge is 2.22. The van der Waals surface area contributed by atoms with Gasteiger partial charge >= 0.3 is 0 Å². The summed E-state index contributed by atoms with van der Waals surface area (Å²) in [6.45, 7) is 8.12. The van der Waals surface area contributed by atoms with Gasteiger partial charge in [0.05, 0.1) is 5.69 Å². The average Bonchev–Trinajstić information content (AvgIpc) is 2.83. The summed E-state index contributed by atoms with van der Waals surface area (Å²) >= 11 is -1.23. The Balaban J connectivity index is 1.40. The highest BCUT2D eigenvalue weighted by molar-refractivity contribution is 7.90. The average molecular weight is 480 g/mol. The van der Waals surface area contributed by atoms with E-state index in [0.29, 0.717) is 35.9 Å². The molecule has 8 heteroatoms. The van der Waals surface area contributed by atoms with Crippen LogP contribution >= 0.6 is 0 Å². The number of phenols is 1. The van der Waals surface area contributed by atoms with Gasteiger partial charge in [0.1, 0.15) is 6.26 Å². The largest absolute Gasteiger partial charge is 0.612 e. The van der Waals surface area contributed by atoms with Crippen molar-refractivity contribution in [2.75, 3.05) is 31.2 Å². The number of hydrogen-bond donors (Lipinski definition) is 3. The summed E-state index contributed by atoms with van der Waals surface area (Å²) in [5.74, 6) is 0.641. The fraction of sp³-hybridized carbons (Fsp3) is 0.385. The Kier molecular flexibility index (Phi) is 8.05. The maximum Gasteiger partial charge on any atom is 0.223 e. The van der Waals surface area contributed by atoms with Gasteiger partial charge in [-0.15, -0.1) is 0 Å². The maximum absolute atomic E-state index is 11.8. The topological polar surface area (TPSA) is 96.4 Å². The summed E-state index contributed by atoms with van der Waals surface area (Å²) in [5.41, 5.74) is 4.24. The molecule has 0 radical (unpaired) electrons. The van der Waals surface area contributed by atoms with Gasteiger partial charge in [0, 0.05) is 56.1 Å². The highest BCUT2D eigenvalue weighted by atomic mass is 32.2. The van der Waals surface area contributed by atoms with E-state index in [4.69, 9.17) is 4.98 Å². The fourth-order valence-electron chi connectivity index (χ4n) is 4.25. The van der Waals surface area contributed by atoms with Crippen molar-refractivity contribution in [3.8, 4) is 17.0 Å². The maximum atomic E-state index is 11.8. The molecule has 1 fully saturated rings. The van der Waals surface area contributed by atoms with E-state index in [0.717, 1.165) is 36.5 Å². The smallest absolute Gasteiger partial charge is 0.223 e. The minimum atomic E-state index is -1.23. The van der Waals surface area contributed by atoms with Crippen LogP contribution in [0.25, 0.3) is 11.3 Å². The number of rotatable bonds is 8. The summed E-state index contributed by atoms with van der Waals surface area (Å²) in [5, 5.41) is 16.7. The first-order valence-corrected chi connectivity index (χ1v) is 13.2. The first-order chi connectivity index (χ1) is 16.4. The molecular weight excluding hydrogens is 446 g/mol. The van der Waals surface area contributed by atoms with Gasteiger partial charge in [-0.3, -0.25) is 4.90 Å². The Labute approximate surface area is 204 Å². The third-order valence-electron chi connectivity index (χ3n) is 6.19. The van der Waals surface area contributed by atoms with Crippen LogP contribution in [0.3, 0.4) is 0 Å². The van der Waals surface area contributed by atoms with Crippen LogP contribution in [0.1, 0.15) is 25.0 Å². The van der Waals surface area contributed by atoms with Crippen LogP contribution in [0.2, 0.25) is 0 Å². The van der Waals surface area contributed by atoms with Crippen molar-refractivity contribution in [3.63, 3.8) is 0 Å². The molecular formula is C26H33N5O2S. The number of nitrogens with one attached hydrogen (secondary N) is 2. The van der Waals surface area contributed by atoms with Crippen LogP contribution in [0, 0.1) is 0 Å². The van der Waals surface area contributed by atoms with Gasteiger partial charge in [-0.05, 0) is 60.8 Å². The Hall–Kier alpha value is -2.65. The van der Waals surface area contributed by atoms with E-state index in [-0.39, 0.29) is 5.75 Å². The summed E-state index contributed by atoms with van der Waals surface area (Å²) in [4.78, 5) is 12.1. The molecule has 3 aromatic rings. The Bertz CT molecular complexity index is 1110. The first-order valence-electron chi connectivity index (χ1n) is 11.7. The number of aromatic hydroxyl groups is 1. The molecule has 0 amide bonds. The second-order valence-electron chi connectivity index (χ2n) is 8.99. The predicted octanol–water partition coefficient (Wildman–Crippen LogP) is 3.42. The van der Waals surface area contributed by atoms with Crippen LogP contribution in [-0.2, 0) is 24.1 Å².